The molecule has 0 fully saturated rings. The van der Waals surface area contributed by atoms with Crippen molar-refractivity contribution < 1.29 is 14.3 Å². The first-order valence-corrected chi connectivity index (χ1v) is 6.12. The van der Waals surface area contributed by atoms with Crippen molar-refractivity contribution in [2.24, 2.45) is 0 Å². The second-order valence-electron chi connectivity index (χ2n) is 4.36. The lowest BCUT2D eigenvalue weighted by Gasteiger charge is -2.07. The monoisotopic (exact) mass is 275 g/mol. The number of nitrogens with zero attached hydrogens (tertiary/aromatic N) is 2. The molecule has 0 aliphatic carbocycles. The summed E-state index contributed by atoms with van der Waals surface area (Å²) in [5.74, 6) is -0.838. The molecule has 1 heterocycles. The molecule has 104 valence electrons. The van der Waals surface area contributed by atoms with Gasteiger partial charge in [0.15, 0.2) is 5.69 Å². The molecule has 0 bridgehead atoms. The van der Waals surface area contributed by atoms with E-state index in [-0.39, 0.29) is 11.5 Å². The van der Waals surface area contributed by atoms with Crippen molar-refractivity contribution in [1.29, 1.82) is 0 Å². The lowest BCUT2D eigenvalue weighted by atomic mass is 10.1. The molecule has 6 heteroatoms. The summed E-state index contributed by atoms with van der Waals surface area (Å²) in [7, 11) is 0. The fourth-order valence-corrected chi connectivity index (χ4v) is 1.81. The van der Waals surface area contributed by atoms with Crippen LogP contribution in [0.1, 0.15) is 21.6 Å². The van der Waals surface area contributed by atoms with Crippen molar-refractivity contribution in [3.63, 3.8) is 0 Å². The standard InChI is InChI=1S/C14H14FN3O2/c1-9-8-11(15)3-2-10(9)6-7-16-13-5-4-12(14(19)20)17-18-13/h2-5,8H,6-7H2,1H3,(H,16,18)(H,19,20). The number of carbonyl (C=O) groups is 1. The second-order valence-corrected chi connectivity index (χ2v) is 4.36. The summed E-state index contributed by atoms with van der Waals surface area (Å²) < 4.78 is 13.0. The van der Waals surface area contributed by atoms with Crippen LogP contribution < -0.4 is 5.32 Å². The van der Waals surface area contributed by atoms with Crippen LogP contribution in [0.5, 0.6) is 0 Å². The van der Waals surface area contributed by atoms with Gasteiger partial charge in [-0.3, -0.25) is 0 Å². The highest BCUT2D eigenvalue weighted by molar-refractivity contribution is 5.85. The fraction of sp³-hybridized carbons (Fsp3) is 0.214. The maximum absolute atomic E-state index is 13.0. The van der Waals surface area contributed by atoms with Crippen LogP contribution in [-0.2, 0) is 6.42 Å². The average molecular weight is 275 g/mol. The van der Waals surface area contributed by atoms with Gasteiger partial charge in [-0.1, -0.05) is 6.07 Å². The number of halogens is 1. The molecule has 0 saturated carbocycles. The third-order valence-electron chi connectivity index (χ3n) is 2.89. The van der Waals surface area contributed by atoms with Crippen LogP contribution in [0.2, 0.25) is 0 Å². The van der Waals surface area contributed by atoms with Crippen LogP contribution >= 0.6 is 0 Å². The zero-order valence-electron chi connectivity index (χ0n) is 10.9. The molecule has 0 amide bonds. The Hall–Kier alpha value is -2.50. The van der Waals surface area contributed by atoms with E-state index in [0.29, 0.717) is 18.8 Å². The molecule has 2 aromatic rings. The summed E-state index contributed by atoms with van der Waals surface area (Å²) in [6, 6.07) is 7.64. The van der Waals surface area contributed by atoms with E-state index < -0.39 is 5.97 Å². The van der Waals surface area contributed by atoms with E-state index in [1.807, 2.05) is 6.92 Å². The Bertz CT molecular complexity index is 614. The van der Waals surface area contributed by atoms with Crippen molar-refractivity contribution in [2.45, 2.75) is 13.3 Å². The van der Waals surface area contributed by atoms with Gasteiger partial charge in [-0.05, 0) is 48.7 Å². The predicted molar refractivity (Wildman–Crippen MR) is 72.3 cm³/mol. The van der Waals surface area contributed by atoms with Crippen molar-refractivity contribution in [1.82, 2.24) is 10.2 Å². The van der Waals surface area contributed by atoms with Crippen molar-refractivity contribution in [2.75, 3.05) is 11.9 Å². The maximum atomic E-state index is 13.0. The van der Waals surface area contributed by atoms with Gasteiger partial charge in [0.1, 0.15) is 11.6 Å². The number of rotatable bonds is 5. The lowest BCUT2D eigenvalue weighted by Crippen LogP contribution is -2.09. The first kappa shape index (κ1) is 13.9. The molecule has 2 rings (SSSR count). The molecule has 0 saturated heterocycles. The normalized spacial score (nSPS) is 10.3. The quantitative estimate of drug-likeness (QED) is 0.875. The fourth-order valence-electron chi connectivity index (χ4n) is 1.81. The van der Waals surface area contributed by atoms with E-state index in [9.17, 15) is 9.18 Å². The van der Waals surface area contributed by atoms with E-state index in [1.54, 1.807) is 12.1 Å². The van der Waals surface area contributed by atoms with E-state index in [2.05, 4.69) is 15.5 Å². The van der Waals surface area contributed by atoms with Gasteiger partial charge in [0.2, 0.25) is 0 Å². The van der Waals surface area contributed by atoms with Gasteiger partial charge in [-0.2, -0.15) is 0 Å². The summed E-state index contributed by atoms with van der Waals surface area (Å²) in [6.07, 6.45) is 0.717. The minimum Gasteiger partial charge on any atom is -0.476 e. The minimum atomic E-state index is -1.11. The van der Waals surface area contributed by atoms with Crippen molar-refractivity contribution in [3.05, 3.63) is 53.0 Å². The smallest absolute Gasteiger partial charge is 0.356 e. The van der Waals surface area contributed by atoms with Gasteiger partial charge in [-0.15, -0.1) is 10.2 Å². The van der Waals surface area contributed by atoms with Crippen LogP contribution in [0.15, 0.2) is 30.3 Å². The van der Waals surface area contributed by atoms with Crippen LogP contribution in [0, 0.1) is 12.7 Å². The number of aryl methyl sites for hydroxylation is 1. The minimum absolute atomic E-state index is 0.0927. The lowest BCUT2D eigenvalue weighted by molar-refractivity contribution is 0.0689. The second kappa shape index (κ2) is 6.10. The molecule has 0 atom stereocenters. The first-order chi connectivity index (χ1) is 9.56. The number of hydrogen-bond donors (Lipinski definition) is 2. The number of carboxylic acids is 1. The van der Waals surface area contributed by atoms with Crippen LogP contribution in [0.4, 0.5) is 10.2 Å². The number of carboxylic acid groups (broad SMARTS) is 1. The Balaban J connectivity index is 1.91. The Kier molecular flexibility index (Phi) is 4.24. The number of aromatic carboxylic acids is 1. The van der Waals surface area contributed by atoms with Gasteiger partial charge < -0.3 is 10.4 Å². The number of aromatic nitrogens is 2. The Morgan fingerprint density at radius 3 is 2.70 bits per heavy atom. The third kappa shape index (κ3) is 3.50. The number of hydrogen-bond acceptors (Lipinski definition) is 4. The summed E-state index contributed by atoms with van der Waals surface area (Å²) >= 11 is 0. The molecule has 1 aromatic carbocycles. The molecular formula is C14H14FN3O2. The molecule has 1 aromatic heterocycles. The molecule has 20 heavy (non-hydrogen) atoms. The Morgan fingerprint density at radius 1 is 1.30 bits per heavy atom. The van der Waals surface area contributed by atoms with Gasteiger partial charge in [-0.25, -0.2) is 9.18 Å². The van der Waals surface area contributed by atoms with Crippen LogP contribution in [-0.4, -0.2) is 27.8 Å². The molecule has 0 aliphatic heterocycles. The Morgan fingerprint density at radius 2 is 2.10 bits per heavy atom. The largest absolute Gasteiger partial charge is 0.476 e. The molecule has 0 unspecified atom stereocenters. The highest BCUT2D eigenvalue weighted by atomic mass is 19.1. The molecule has 0 spiro atoms. The van der Waals surface area contributed by atoms with Gasteiger partial charge in [0.05, 0.1) is 0 Å². The average Bonchev–Trinajstić information content (AvgIpc) is 2.42. The summed E-state index contributed by atoms with van der Waals surface area (Å²) in [4.78, 5) is 10.6. The molecule has 2 N–H and O–H groups in total. The third-order valence-corrected chi connectivity index (χ3v) is 2.89. The molecule has 5 nitrogen and oxygen atoms in total. The summed E-state index contributed by atoms with van der Waals surface area (Å²) in [6.45, 7) is 2.47. The van der Waals surface area contributed by atoms with E-state index >= 15 is 0 Å². The molecular weight excluding hydrogens is 261 g/mol. The van der Waals surface area contributed by atoms with Crippen LogP contribution in [0.25, 0.3) is 0 Å². The SMILES string of the molecule is Cc1cc(F)ccc1CCNc1ccc(C(=O)O)nn1. The van der Waals surface area contributed by atoms with Crippen molar-refractivity contribution >= 4 is 11.8 Å². The maximum Gasteiger partial charge on any atom is 0.356 e. The summed E-state index contributed by atoms with van der Waals surface area (Å²) in [5, 5.41) is 19.1. The zero-order chi connectivity index (χ0) is 14.5. The van der Waals surface area contributed by atoms with E-state index in [0.717, 1.165) is 11.1 Å². The van der Waals surface area contributed by atoms with Gasteiger partial charge >= 0.3 is 5.97 Å². The summed E-state index contributed by atoms with van der Waals surface area (Å²) in [5.41, 5.74) is 1.86. The zero-order valence-corrected chi connectivity index (χ0v) is 10.9. The predicted octanol–water partition coefficient (Wildman–Crippen LogP) is 2.28. The van der Waals surface area contributed by atoms with E-state index in [1.165, 1.54) is 18.2 Å². The molecule has 0 radical (unpaired) electrons. The van der Waals surface area contributed by atoms with Crippen LogP contribution in [0.3, 0.4) is 0 Å². The number of benzene rings is 1. The topological polar surface area (TPSA) is 75.1 Å². The molecule has 0 aliphatic rings. The van der Waals surface area contributed by atoms with Crippen molar-refractivity contribution in [3.8, 4) is 0 Å². The first-order valence-electron chi connectivity index (χ1n) is 6.12. The van der Waals surface area contributed by atoms with Gasteiger partial charge in [0, 0.05) is 6.54 Å². The Labute approximate surface area is 115 Å². The number of nitrogens with one attached hydrogen (secondary N) is 1. The highest BCUT2D eigenvalue weighted by Crippen LogP contribution is 2.11. The van der Waals surface area contributed by atoms with Gasteiger partial charge in [0.25, 0.3) is 0 Å². The number of anilines is 1. The van der Waals surface area contributed by atoms with E-state index in [4.69, 9.17) is 5.11 Å². The highest BCUT2D eigenvalue weighted by Gasteiger charge is 2.05.